The summed E-state index contributed by atoms with van der Waals surface area (Å²) in [5.41, 5.74) is 0.894. The van der Waals surface area contributed by atoms with Gasteiger partial charge in [0.1, 0.15) is 11.0 Å². The van der Waals surface area contributed by atoms with Crippen LogP contribution in [0.1, 0.15) is 23.0 Å². The van der Waals surface area contributed by atoms with Gasteiger partial charge in [0.2, 0.25) is 0 Å². The first-order valence-corrected chi connectivity index (χ1v) is 9.24. The van der Waals surface area contributed by atoms with Gasteiger partial charge < -0.3 is 20.5 Å². The van der Waals surface area contributed by atoms with Crippen molar-refractivity contribution in [3.8, 4) is 0 Å². The second-order valence-electron chi connectivity index (χ2n) is 5.69. The van der Waals surface area contributed by atoms with Crippen LogP contribution < -0.4 is 16.0 Å². The Kier molecular flexibility index (Phi) is 7.94. The molecule has 1 amide bonds. The molecule has 1 aromatic carbocycles. The maximum atomic E-state index is 13.6. The zero-order valence-corrected chi connectivity index (χ0v) is 16.7. The van der Waals surface area contributed by atoms with E-state index in [1.165, 1.54) is 12.1 Å². The fourth-order valence-corrected chi connectivity index (χ4v) is 2.76. The summed E-state index contributed by atoms with van der Waals surface area (Å²) in [5, 5.41) is 9.84. The molecule has 2 aromatic rings. The fraction of sp³-hybridized carbons (Fsp3) is 0.333. The predicted molar refractivity (Wildman–Crippen MR) is 107 cm³/mol. The highest BCUT2D eigenvalue weighted by atomic mass is 35.5. The van der Waals surface area contributed by atoms with Gasteiger partial charge in [-0.2, -0.15) is 0 Å². The van der Waals surface area contributed by atoms with Crippen LogP contribution in [0, 0.1) is 5.82 Å². The molecule has 2 rings (SSSR count). The third-order valence-electron chi connectivity index (χ3n) is 3.78. The predicted octanol–water partition coefficient (Wildman–Crippen LogP) is 2.96. The Bertz CT molecular complexity index is 822. The molecule has 0 aliphatic heterocycles. The van der Waals surface area contributed by atoms with Gasteiger partial charge >= 0.3 is 0 Å². The summed E-state index contributed by atoms with van der Waals surface area (Å²) >= 11 is 12.1. The van der Waals surface area contributed by atoms with Crippen molar-refractivity contribution in [1.82, 2.24) is 20.5 Å². The minimum absolute atomic E-state index is 0.0236. The second kappa shape index (κ2) is 10.2. The van der Waals surface area contributed by atoms with Crippen molar-refractivity contribution in [2.75, 3.05) is 19.6 Å². The van der Waals surface area contributed by atoms with E-state index in [2.05, 4.69) is 20.9 Å². The molecule has 0 saturated heterocycles. The number of hydrogen-bond donors (Lipinski definition) is 3. The third kappa shape index (κ3) is 5.87. The first-order chi connectivity index (χ1) is 12.9. The van der Waals surface area contributed by atoms with Crippen LogP contribution in [0.2, 0.25) is 10.2 Å². The van der Waals surface area contributed by atoms with Crippen molar-refractivity contribution in [3.05, 3.63) is 57.6 Å². The molecule has 1 heterocycles. The lowest BCUT2D eigenvalue weighted by Gasteiger charge is -2.12. The van der Waals surface area contributed by atoms with E-state index < -0.39 is 11.7 Å². The summed E-state index contributed by atoms with van der Waals surface area (Å²) in [7, 11) is 1.82. The van der Waals surface area contributed by atoms with Crippen LogP contribution >= 0.6 is 23.2 Å². The number of nitrogens with one attached hydrogen (secondary N) is 3. The van der Waals surface area contributed by atoms with Crippen molar-refractivity contribution >= 4 is 35.1 Å². The van der Waals surface area contributed by atoms with Gasteiger partial charge in [-0.05, 0) is 25.1 Å². The van der Waals surface area contributed by atoms with E-state index in [1.807, 2.05) is 14.0 Å². The summed E-state index contributed by atoms with van der Waals surface area (Å²) in [4.78, 5) is 16.4. The zero-order chi connectivity index (χ0) is 19.8. The molecule has 0 radical (unpaired) electrons. The molecule has 0 unspecified atom stereocenters. The van der Waals surface area contributed by atoms with E-state index in [9.17, 15) is 9.18 Å². The van der Waals surface area contributed by atoms with Crippen LogP contribution in [0.5, 0.6) is 0 Å². The minimum atomic E-state index is -0.544. The lowest BCUT2D eigenvalue weighted by atomic mass is 10.2. The average Bonchev–Trinajstić information content (AvgIpc) is 2.90. The number of rotatable bonds is 7. The molecule has 0 atom stereocenters. The SMILES string of the molecule is CCNC(=NCc1cc(Cl)c(Cl)n1C)NCCNC(=O)c1ccccc1F. The normalized spacial score (nSPS) is 11.4. The van der Waals surface area contributed by atoms with E-state index in [0.29, 0.717) is 42.3 Å². The molecule has 0 aliphatic carbocycles. The summed E-state index contributed by atoms with van der Waals surface area (Å²) in [6, 6.07) is 7.63. The number of carbonyl (C=O) groups excluding carboxylic acids is 1. The average molecular weight is 414 g/mol. The molecular formula is C18H22Cl2FN5O. The Morgan fingerprint density at radius 1 is 1.19 bits per heavy atom. The van der Waals surface area contributed by atoms with Crippen molar-refractivity contribution in [2.24, 2.45) is 12.0 Å². The van der Waals surface area contributed by atoms with Gasteiger partial charge in [0, 0.05) is 32.4 Å². The molecule has 9 heteroatoms. The Labute approximate surface area is 167 Å². The van der Waals surface area contributed by atoms with Crippen LogP contribution in [0.15, 0.2) is 35.3 Å². The Balaban J connectivity index is 1.86. The number of nitrogens with zero attached hydrogens (tertiary/aromatic N) is 2. The van der Waals surface area contributed by atoms with Gasteiger partial charge in [-0.3, -0.25) is 4.79 Å². The van der Waals surface area contributed by atoms with Crippen LogP contribution in [0.25, 0.3) is 0 Å². The molecule has 27 heavy (non-hydrogen) atoms. The third-order valence-corrected chi connectivity index (χ3v) is 4.62. The Hall–Kier alpha value is -2.25. The molecule has 0 saturated carbocycles. The smallest absolute Gasteiger partial charge is 0.254 e. The van der Waals surface area contributed by atoms with Gasteiger partial charge in [-0.1, -0.05) is 35.3 Å². The molecule has 3 N–H and O–H groups in total. The van der Waals surface area contributed by atoms with E-state index in [0.717, 1.165) is 5.69 Å². The lowest BCUT2D eigenvalue weighted by molar-refractivity contribution is 0.0950. The zero-order valence-electron chi connectivity index (χ0n) is 15.2. The number of guanidine groups is 1. The van der Waals surface area contributed by atoms with Gasteiger partial charge in [-0.15, -0.1) is 0 Å². The minimum Gasteiger partial charge on any atom is -0.357 e. The summed E-state index contributed by atoms with van der Waals surface area (Å²) in [5.74, 6) is -0.409. The molecule has 0 bridgehead atoms. The van der Waals surface area contributed by atoms with Crippen LogP contribution in [0.3, 0.4) is 0 Å². The maximum absolute atomic E-state index is 13.6. The van der Waals surface area contributed by atoms with Gasteiger partial charge in [0.05, 0.1) is 17.1 Å². The molecule has 0 fully saturated rings. The second-order valence-corrected chi connectivity index (χ2v) is 6.46. The highest BCUT2D eigenvalue weighted by Crippen LogP contribution is 2.25. The summed E-state index contributed by atoms with van der Waals surface area (Å²) in [6.45, 7) is 3.77. The lowest BCUT2D eigenvalue weighted by Crippen LogP contribution is -2.41. The first kappa shape index (κ1) is 21.1. The van der Waals surface area contributed by atoms with Crippen molar-refractivity contribution in [2.45, 2.75) is 13.5 Å². The van der Waals surface area contributed by atoms with E-state index >= 15 is 0 Å². The molecular weight excluding hydrogens is 392 g/mol. The fourth-order valence-electron chi connectivity index (χ4n) is 2.34. The first-order valence-electron chi connectivity index (χ1n) is 8.48. The number of halogens is 3. The molecule has 1 aromatic heterocycles. The highest BCUT2D eigenvalue weighted by molar-refractivity contribution is 6.41. The number of hydrogen-bond acceptors (Lipinski definition) is 2. The van der Waals surface area contributed by atoms with E-state index in [4.69, 9.17) is 23.2 Å². The van der Waals surface area contributed by atoms with Gasteiger partial charge in [0.15, 0.2) is 5.96 Å². The van der Waals surface area contributed by atoms with Crippen LogP contribution in [-0.4, -0.2) is 36.1 Å². The number of aromatic nitrogens is 1. The molecule has 0 aliphatic rings. The molecule has 146 valence electrons. The summed E-state index contributed by atoms with van der Waals surface area (Å²) < 4.78 is 15.3. The van der Waals surface area contributed by atoms with Crippen molar-refractivity contribution in [3.63, 3.8) is 0 Å². The number of benzene rings is 1. The molecule has 0 spiro atoms. The van der Waals surface area contributed by atoms with Crippen molar-refractivity contribution in [1.29, 1.82) is 0 Å². The maximum Gasteiger partial charge on any atom is 0.254 e. The van der Waals surface area contributed by atoms with Crippen LogP contribution in [0.4, 0.5) is 4.39 Å². The Morgan fingerprint density at radius 2 is 1.89 bits per heavy atom. The van der Waals surface area contributed by atoms with Gasteiger partial charge in [-0.25, -0.2) is 9.38 Å². The number of aliphatic imine (C=N–C) groups is 1. The monoisotopic (exact) mass is 413 g/mol. The van der Waals surface area contributed by atoms with Crippen molar-refractivity contribution < 1.29 is 9.18 Å². The highest BCUT2D eigenvalue weighted by Gasteiger charge is 2.10. The number of carbonyl (C=O) groups is 1. The van der Waals surface area contributed by atoms with Crippen LogP contribution in [-0.2, 0) is 13.6 Å². The number of amides is 1. The largest absolute Gasteiger partial charge is 0.357 e. The van der Waals surface area contributed by atoms with Gasteiger partial charge in [0.25, 0.3) is 5.91 Å². The van der Waals surface area contributed by atoms with E-state index in [1.54, 1.807) is 22.8 Å². The van der Waals surface area contributed by atoms with E-state index in [-0.39, 0.29) is 5.56 Å². The topological polar surface area (TPSA) is 70.5 Å². The summed E-state index contributed by atoms with van der Waals surface area (Å²) in [6.07, 6.45) is 0. The Morgan fingerprint density at radius 3 is 2.52 bits per heavy atom. The quantitative estimate of drug-likeness (QED) is 0.371. The standard InChI is InChI=1S/C18H22Cl2FN5O/c1-3-22-18(25-11-12-10-14(19)16(20)26(12)2)24-9-8-23-17(27)13-6-4-5-7-15(13)21/h4-7,10H,3,8-9,11H2,1-2H3,(H,23,27)(H2,22,24,25). The molecule has 6 nitrogen and oxygen atoms in total.